The summed E-state index contributed by atoms with van der Waals surface area (Å²) in [5, 5.41) is 0. The fourth-order valence-electron chi connectivity index (χ4n) is 4.63. The summed E-state index contributed by atoms with van der Waals surface area (Å²) in [7, 11) is 2.09. The maximum absolute atomic E-state index is 4.75. The van der Waals surface area contributed by atoms with E-state index in [1.807, 2.05) is 12.4 Å². The smallest absolute Gasteiger partial charge is 0.139 e. The van der Waals surface area contributed by atoms with Gasteiger partial charge in [-0.15, -0.1) is 0 Å². The Balaban J connectivity index is 1.86. The van der Waals surface area contributed by atoms with Crippen LogP contribution in [0, 0.1) is 5.92 Å². The summed E-state index contributed by atoms with van der Waals surface area (Å²) in [5.41, 5.74) is 7.95. The Morgan fingerprint density at radius 1 is 0.862 bits per heavy atom. The second-order valence-corrected chi connectivity index (χ2v) is 8.56. The van der Waals surface area contributed by atoms with Gasteiger partial charge in [0.1, 0.15) is 5.82 Å². The molecule has 4 aromatic rings. The third kappa shape index (κ3) is 3.00. The SMILES string of the molecule is C[C@H]1CC1(C)c1c(-c2ccccc2)cc(-c2ccccc2)cc1-c1nccn1C. The van der Waals surface area contributed by atoms with E-state index in [0.717, 1.165) is 5.82 Å². The predicted octanol–water partition coefficient (Wildman–Crippen LogP) is 6.72. The molecule has 2 heteroatoms. The highest BCUT2D eigenvalue weighted by Crippen LogP contribution is 2.58. The minimum Gasteiger partial charge on any atom is -0.334 e. The van der Waals surface area contributed by atoms with E-state index < -0.39 is 0 Å². The Morgan fingerprint density at radius 3 is 2.00 bits per heavy atom. The number of nitrogens with zero attached hydrogens (tertiary/aromatic N) is 2. The van der Waals surface area contributed by atoms with Gasteiger partial charge in [-0.05, 0) is 57.7 Å². The van der Waals surface area contributed by atoms with Gasteiger partial charge in [0, 0.05) is 25.0 Å². The summed E-state index contributed by atoms with van der Waals surface area (Å²) in [6.07, 6.45) is 5.15. The molecule has 0 bridgehead atoms. The summed E-state index contributed by atoms with van der Waals surface area (Å²) >= 11 is 0. The van der Waals surface area contributed by atoms with Crippen LogP contribution >= 0.6 is 0 Å². The third-order valence-corrected chi connectivity index (χ3v) is 6.62. The molecule has 0 spiro atoms. The van der Waals surface area contributed by atoms with Crippen molar-refractivity contribution in [3.63, 3.8) is 0 Å². The summed E-state index contributed by atoms with van der Waals surface area (Å²) in [4.78, 5) is 4.75. The van der Waals surface area contributed by atoms with Gasteiger partial charge in [0.2, 0.25) is 0 Å². The quantitative estimate of drug-likeness (QED) is 0.385. The van der Waals surface area contributed by atoms with Gasteiger partial charge >= 0.3 is 0 Å². The van der Waals surface area contributed by atoms with Gasteiger partial charge in [-0.1, -0.05) is 74.5 Å². The largest absolute Gasteiger partial charge is 0.334 e. The van der Waals surface area contributed by atoms with Crippen molar-refractivity contribution in [2.24, 2.45) is 13.0 Å². The van der Waals surface area contributed by atoms with Crippen molar-refractivity contribution in [2.45, 2.75) is 25.7 Å². The molecule has 2 atom stereocenters. The molecule has 1 aliphatic rings. The molecule has 1 unspecified atom stereocenters. The van der Waals surface area contributed by atoms with E-state index in [1.54, 1.807) is 0 Å². The second-order valence-electron chi connectivity index (χ2n) is 8.56. The number of aromatic nitrogens is 2. The zero-order valence-electron chi connectivity index (χ0n) is 17.3. The molecular weight excluding hydrogens is 352 g/mol. The number of aryl methyl sites for hydroxylation is 1. The first-order chi connectivity index (χ1) is 14.1. The normalized spacial score (nSPS) is 20.6. The van der Waals surface area contributed by atoms with Gasteiger partial charge in [-0.25, -0.2) is 4.98 Å². The summed E-state index contributed by atoms with van der Waals surface area (Å²) in [6, 6.07) is 26.2. The van der Waals surface area contributed by atoms with Gasteiger partial charge in [0.25, 0.3) is 0 Å². The van der Waals surface area contributed by atoms with Crippen molar-refractivity contribution in [1.82, 2.24) is 9.55 Å². The van der Waals surface area contributed by atoms with Gasteiger partial charge in [-0.2, -0.15) is 0 Å². The van der Waals surface area contributed by atoms with E-state index in [2.05, 4.69) is 98.3 Å². The Hall–Kier alpha value is -3.13. The van der Waals surface area contributed by atoms with Crippen LogP contribution in [0.1, 0.15) is 25.8 Å². The van der Waals surface area contributed by atoms with Crippen LogP contribution in [-0.4, -0.2) is 9.55 Å². The van der Waals surface area contributed by atoms with Crippen molar-refractivity contribution in [3.05, 3.63) is 90.8 Å². The van der Waals surface area contributed by atoms with Crippen LogP contribution < -0.4 is 0 Å². The average Bonchev–Trinajstić information content (AvgIpc) is 3.15. The molecule has 0 radical (unpaired) electrons. The fraction of sp³-hybridized carbons (Fsp3) is 0.222. The Labute approximate surface area is 172 Å². The van der Waals surface area contributed by atoms with Crippen molar-refractivity contribution in [2.75, 3.05) is 0 Å². The number of rotatable bonds is 4. The lowest BCUT2D eigenvalue weighted by Crippen LogP contribution is -2.10. The first kappa shape index (κ1) is 17.9. The Morgan fingerprint density at radius 2 is 1.45 bits per heavy atom. The van der Waals surface area contributed by atoms with E-state index >= 15 is 0 Å². The highest BCUT2D eigenvalue weighted by molar-refractivity contribution is 5.85. The first-order valence-electron chi connectivity index (χ1n) is 10.3. The van der Waals surface area contributed by atoms with Crippen LogP contribution in [0.4, 0.5) is 0 Å². The molecule has 1 aromatic heterocycles. The highest BCUT2D eigenvalue weighted by Gasteiger charge is 2.50. The Bertz CT molecular complexity index is 1160. The van der Waals surface area contributed by atoms with Crippen LogP contribution in [0.15, 0.2) is 85.2 Å². The van der Waals surface area contributed by atoms with Crippen LogP contribution in [0.3, 0.4) is 0 Å². The minimum absolute atomic E-state index is 0.182. The molecule has 1 heterocycles. The third-order valence-electron chi connectivity index (χ3n) is 6.62. The molecule has 29 heavy (non-hydrogen) atoms. The van der Waals surface area contributed by atoms with E-state index in [9.17, 15) is 0 Å². The molecular formula is C27H26N2. The standard InChI is InChI=1S/C27H26N2/c1-19-18-27(19,2)25-23(21-12-8-5-9-13-21)16-22(20-10-6-4-7-11-20)17-24(25)26-28-14-15-29(26)3/h4-17,19H,18H2,1-3H3/t19-,27?/m0/s1. The summed E-state index contributed by atoms with van der Waals surface area (Å²) in [6.45, 7) is 4.77. The summed E-state index contributed by atoms with van der Waals surface area (Å²) < 4.78 is 2.14. The second kappa shape index (κ2) is 6.73. The monoisotopic (exact) mass is 378 g/mol. The lowest BCUT2D eigenvalue weighted by Gasteiger charge is -2.23. The molecule has 5 rings (SSSR count). The minimum atomic E-state index is 0.182. The Kier molecular flexibility index (Phi) is 4.16. The van der Waals surface area contributed by atoms with Crippen LogP contribution in [0.5, 0.6) is 0 Å². The molecule has 0 saturated heterocycles. The maximum atomic E-state index is 4.75. The number of benzene rings is 3. The molecule has 2 nitrogen and oxygen atoms in total. The highest BCUT2D eigenvalue weighted by atomic mass is 15.0. The summed E-state index contributed by atoms with van der Waals surface area (Å²) in [5.74, 6) is 1.71. The maximum Gasteiger partial charge on any atom is 0.139 e. The first-order valence-corrected chi connectivity index (χ1v) is 10.3. The van der Waals surface area contributed by atoms with E-state index in [0.29, 0.717) is 5.92 Å². The van der Waals surface area contributed by atoms with Gasteiger partial charge in [-0.3, -0.25) is 0 Å². The van der Waals surface area contributed by atoms with Gasteiger partial charge in [0.05, 0.1) is 0 Å². The molecule has 1 saturated carbocycles. The van der Waals surface area contributed by atoms with E-state index in [1.165, 1.54) is 39.8 Å². The van der Waals surface area contributed by atoms with Crippen LogP contribution in [0.25, 0.3) is 33.6 Å². The number of hydrogen-bond donors (Lipinski definition) is 0. The topological polar surface area (TPSA) is 17.8 Å². The molecule has 0 amide bonds. The van der Waals surface area contributed by atoms with E-state index in [-0.39, 0.29) is 5.41 Å². The van der Waals surface area contributed by atoms with Crippen LogP contribution in [-0.2, 0) is 12.5 Å². The molecule has 3 aromatic carbocycles. The zero-order valence-corrected chi connectivity index (χ0v) is 17.3. The fourth-order valence-corrected chi connectivity index (χ4v) is 4.63. The molecule has 1 fully saturated rings. The molecule has 0 N–H and O–H groups in total. The predicted molar refractivity (Wildman–Crippen MR) is 121 cm³/mol. The molecule has 0 aliphatic heterocycles. The van der Waals surface area contributed by atoms with Crippen molar-refractivity contribution in [1.29, 1.82) is 0 Å². The van der Waals surface area contributed by atoms with Gasteiger partial charge in [0.15, 0.2) is 0 Å². The lowest BCUT2D eigenvalue weighted by molar-refractivity contribution is 0.704. The molecule has 144 valence electrons. The van der Waals surface area contributed by atoms with Crippen molar-refractivity contribution < 1.29 is 0 Å². The van der Waals surface area contributed by atoms with Crippen LogP contribution in [0.2, 0.25) is 0 Å². The van der Waals surface area contributed by atoms with Crippen molar-refractivity contribution in [3.8, 4) is 33.6 Å². The van der Waals surface area contributed by atoms with Gasteiger partial charge < -0.3 is 4.57 Å². The number of hydrogen-bond acceptors (Lipinski definition) is 1. The zero-order chi connectivity index (χ0) is 20.0. The van der Waals surface area contributed by atoms with E-state index in [4.69, 9.17) is 4.98 Å². The van der Waals surface area contributed by atoms with Crippen molar-refractivity contribution >= 4 is 0 Å². The average molecular weight is 379 g/mol. The number of imidazole rings is 1. The lowest BCUT2D eigenvalue weighted by atomic mass is 9.82. The molecule has 1 aliphatic carbocycles.